The van der Waals surface area contributed by atoms with Crippen LogP contribution in [0.2, 0.25) is 5.02 Å². The Balaban J connectivity index is 1.89. The Labute approximate surface area is 136 Å². The standard InChI is InChI=1S/C15H21ClN2O3S/c1-11(13-5-3-4-6-14(13)16)17-9-15(19)18(2)12-7-8-22(20,21)10-12/h3-6,11-12,17H,7-10H2,1-2H3/t11-,12+/m0/s1. The van der Waals surface area contributed by atoms with Crippen LogP contribution in [0, 0.1) is 0 Å². The minimum absolute atomic E-state index is 0.0571. The van der Waals surface area contributed by atoms with Gasteiger partial charge in [0.15, 0.2) is 9.84 Å². The predicted octanol–water partition coefficient (Wildman–Crippen LogP) is 1.64. The highest BCUT2D eigenvalue weighted by Crippen LogP contribution is 2.22. The van der Waals surface area contributed by atoms with E-state index in [4.69, 9.17) is 11.6 Å². The van der Waals surface area contributed by atoms with Gasteiger partial charge in [-0.3, -0.25) is 4.79 Å². The number of nitrogens with one attached hydrogen (secondary N) is 1. The first-order valence-corrected chi connectivity index (χ1v) is 9.44. The molecular weight excluding hydrogens is 324 g/mol. The van der Waals surface area contributed by atoms with Crippen molar-refractivity contribution in [2.45, 2.75) is 25.4 Å². The fraction of sp³-hybridized carbons (Fsp3) is 0.533. The molecule has 0 aromatic heterocycles. The van der Waals surface area contributed by atoms with Crippen LogP contribution in [0.3, 0.4) is 0 Å². The number of likely N-dealkylation sites (N-methyl/N-ethyl adjacent to an activating group) is 1. The van der Waals surface area contributed by atoms with E-state index in [2.05, 4.69) is 5.32 Å². The number of rotatable bonds is 5. The first-order chi connectivity index (χ1) is 10.3. The van der Waals surface area contributed by atoms with Crippen LogP contribution in [0.25, 0.3) is 0 Å². The zero-order chi connectivity index (χ0) is 16.3. The maximum absolute atomic E-state index is 12.2. The summed E-state index contributed by atoms with van der Waals surface area (Å²) in [6.07, 6.45) is 0.518. The Hall–Kier alpha value is -1.11. The second kappa shape index (κ2) is 6.98. The lowest BCUT2D eigenvalue weighted by atomic mass is 10.1. The molecule has 0 spiro atoms. The van der Waals surface area contributed by atoms with Crippen LogP contribution in [-0.4, -0.2) is 50.4 Å². The second-order valence-corrected chi connectivity index (χ2v) is 8.32. The number of hydrogen-bond acceptors (Lipinski definition) is 4. The van der Waals surface area contributed by atoms with Crippen LogP contribution in [0.15, 0.2) is 24.3 Å². The Kier molecular flexibility index (Phi) is 5.47. The topological polar surface area (TPSA) is 66.5 Å². The number of nitrogens with zero attached hydrogens (tertiary/aromatic N) is 1. The van der Waals surface area contributed by atoms with Gasteiger partial charge in [0.25, 0.3) is 0 Å². The fourth-order valence-electron chi connectivity index (χ4n) is 2.59. The molecule has 0 radical (unpaired) electrons. The Bertz CT molecular complexity index is 648. The lowest BCUT2D eigenvalue weighted by Gasteiger charge is -2.24. The highest BCUT2D eigenvalue weighted by molar-refractivity contribution is 7.91. The number of sulfone groups is 1. The minimum atomic E-state index is -2.99. The molecule has 1 aromatic rings. The van der Waals surface area contributed by atoms with E-state index < -0.39 is 9.84 Å². The van der Waals surface area contributed by atoms with Crippen molar-refractivity contribution in [1.82, 2.24) is 10.2 Å². The van der Waals surface area contributed by atoms with E-state index in [1.54, 1.807) is 7.05 Å². The summed E-state index contributed by atoms with van der Waals surface area (Å²) >= 11 is 6.13. The first-order valence-electron chi connectivity index (χ1n) is 7.24. The maximum atomic E-state index is 12.2. The normalized spacial score (nSPS) is 21.5. The third-order valence-corrected chi connectivity index (χ3v) is 6.18. The van der Waals surface area contributed by atoms with Crippen molar-refractivity contribution in [2.24, 2.45) is 0 Å². The summed E-state index contributed by atoms with van der Waals surface area (Å²) in [6, 6.07) is 7.21. The van der Waals surface area contributed by atoms with Crippen molar-refractivity contribution in [3.8, 4) is 0 Å². The van der Waals surface area contributed by atoms with Crippen LogP contribution in [0.1, 0.15) is 24.9 Å². The molecule has 1 aliphatic rings. The summed E-state index contributed by atoms with van der Waals surface area (Å²) in [6.45, 7) is 2.09. The number of carbonyl (C=O) groups is 1. The number of carbonyl (C=O) groups excluding carboxylic acids is 1. The van der Waals surface area contributed by atoms with Gasteiger partial charge < -0.3 is 10.2 Å². The molecule has 1 aromatic carbocycles. The third-order valence-electron chi connectivity index (χ3n) is 4.08. The lowest BCUT2D eigenvalue weighted by Crippen LogP contribution is -2.43. The maximum Gasteiger partial charge on any atom is 0.236 e. The summed E-state index contributed by atoms with van der Waals surface area (Å²) in [7, 11) is -1.32. The molecule has 7 heteroatoms. The van der Waals surface area contributed by atoms with E-state index in [0.29, 0.717) is 11.4 Å². The quantitative estimate of drug-likeness (QED) is 0.881. The van der Waals surface area contributed by atoms with Gasteiger partial charge in [-0.15, -0.1) is 0 Å². The van der Waals surface area contributed by atoms with Gasteiger partial charge in [0.2, 0.25) is 5.91 Å². The Morgan fingerprint density at radius 2 is 2.14 bits per heavy atom. The van der Waals surface area contributed by atoms with Gasteiger partial charge in [-0.05, 0) is 25.0 Å². The molecule has 1 fully saturated rings. The average Bonchev–Trinajstić information content (AvgIpc) is 2.84. The molecule has 0 saturated carbocycles. The molecule has 1 heterocycles. The summed E-state index contributed by atoms with van der Waals surface area (Å²) in [5, 5.41) is 3.80. The molecule has 0 unspecified atom stereocenters. The monoisotopic (exact) mass is 344 g/mol. The van der Waals surface area contributed by atoms with Crippen molar-refractivity contribution in [1.29, 1.82) is 0 Å². The third kappa shape index (κ3) is 4.21. The van der Waals surface area contributed by atoms with Gasteiger partial charge in [0, 0.05) is 24.2 Å². The number of halogens is 1. The molecular formula is C15H21ClN2O3S. The van der Waals surface area contributed by atoms with Crippen LogP contribution < -0.4 is 5.32 Å². The van der Waals surface area contributed by atoms with E-state index in [-0.39, 0.29) is 36.0 Å². The van der Waals surface area contributed by atoms with E-state index in [1.165, 1.54) is 4.90 Å². The molecule has 2 rings (SSSR count). The van der Waals surface area contributed by atoms with Crippen molar-refractivity contribution >= 4 is 27.3 Å². The molecule has 1 N–H and O–H groups in total. The van der Waals surface area contributed by atoms with Gasteiger partial charge in [0.05, 0.1) is 18.1 Å². The van der Waals surface area contributed by atoms with Crippen molar-refractivity contribution in [3.63, 3.8) is 0 Å². The Morgan fingerprint density at radius 3 is 2.73 bits per heavy atom. The molecule has 1 saturated heterocycles. The number of benzene rings is 1. The molecule has 2 atom stereocenters. The van der Waals surface area contributed by atoms with Gasteiger partial charge in [-0.2, -0.15) is 0 Å². The SMILES string of the molecule is C[C@H](NCC(=O)N(C)[C@@H]1CCS(=O)(=O)C1)c1ccccc1Cl. The van der Waals surface area contributed by atoms with Crippen LogP contribution >= 0.6 is 11.6 Å². The van der Waals surface area contributed by atoms with Gasteiger partial charge >= 0.3 is 0 Å². The smallest absolute Gasteiger partial charge is 0.236 e. The van der Waals surface area contributed by atoms with Crippen molar-refractivity contribution in [2.75, 3.05) is 25.1 Å². The van der Waals surface area contributed by atoms with E-state index in [1.807, 2.05) is 31.2 Å². The molecule has 1 aliphatic heterocycles. The van der Waals surface area contributed by atoms with Gasteiger partial charge in [0.1, 0.15) is 0 Å². The molecule has 1 amide bonds. The molecule has 0 bridgehead atoms. The number of amides is 1. The molecule has 5 nitrogen and oxygen atoms in total. The fourth-order valence-corrected chi connectivity index (χ4v) is 4.66. The van der Waals surface area contributed by atoms with E-state index in [9.17, 15) is 13.2 Å². The average molecular weight is 345 g/mol. The highest BCUT2D eigenvalue weighted by atomic mass is 35.5. The van der Waals surface area contributed by atoms with Gasteiger partial charge in [-0.1, -0.05) is 29.8 Å². The largest absolute Gasteiger partial charge is 0.341 e. The summed E-state index contributed by atoms with van der Waals surface area (Å²) in [4.78, 5) is 13.7. The Morgan fingerprint density at radius 1 is 1.45 bits per heavy atom. The highest BCUT2D eigenvalue weighted by Gasteiger charge is 2.32. The summed E-state index contributed by atoms with van der Waals surface area (Å²) in [5.41, 5.74) is 0.933. The molecule has 122 valence electrons. The summed E-state index contributed by atoms with van der Waals surface area (Å²) < 4.78 is 23.0. The summed E-state index contributed by atoms with van der Waals surface area (Å²) in [5.74, 6) is 0.120. The lowest BCUT2D eigenvalue weighted by molar-refractivity contribution is -0.130. The van der Waals surface area contributed by atoms with Crippen molar-refractivity contribution in [3.05, 3.63) is 34.9 Å². The van der Waals surface area contributed by atoms with Crippen molar-refractivity contribution < 1.29 is 13.2 Å². The second-order valence-electron chi connectivity index (χ2n) is 5.69. The van der Waals surface area contributed by atoms with E-state index in [0.717, 1.165) is 5.56 Å². The first kappa shape index (κ1) is 17.2. The van der Waals surface area contributed by atoms with Crippen LogP contribution in [0.4, 0.5) is 0 Å². The van der Waals surface area contributed by atoms with Crippen LogP contribution in [0.5, 0.6) is 0 Å². The van der Waals surface area contributed by atoms with Gasteiger partial charge in [-0.25, -0.2) is 8.42 Å². The molecule has 0 aliphatic carbocycles. The zero-order valence-corrected chi connectivity index (χ0v) is 14.3. The molecule has 22 heavy (non-hydrogen) atoms. The van der Waals surface area contributed by atoms with E-state index >= 15 is 0 Å². The predicted molar refractivity (Wildman–Crippen MR) is 87.7 cm³/mol. The van der Waals surface area contributed by atoms with Crippen LogP contribution in [-0.2, 0) is 14.6 Å². The zero-order valence-electron chi connectivity index (χ0n) is 12.8. The minimum Gasteiger partial charge on any atom is -0.341 e. The number of hydrogen-bond donors (Lipinski definition) is 1.